The van der Waals surface area contributed by atoms with Crippen molar-refractivity contribution in [2.75, 3.05) is 18.4 Å². The Labute approximate surface area is 151 Å². The van der Waals surface area contributed by atoms with Gasteiger partial charge in [0.15, 0.2) is 0 Å². The quantitative estimate of drug-likeness (QED) is 0.839. The number of nitrogens with zero attached hydrogens (tertiary/aromatic N) is 2. The van der Waals surface area contributed by atoms with E-state index in [0.717, 1.165) is 28.7 Å². The van der Waals surface area contributed by atoms with Crippen LogP contribution in [0.5, 0.6) is 0 Å². The topological polar surface area (TPSA) is 62.3 Å². The van der Waals surface area contributed by atoms with Gasteiger partial charge in [0.05, 0.1) is 4.90 Å². The van der Waals surface area contributed by atoms with Crippen LogP contribution >= 0.6 is 15.9 Å². The lowest BCUT2D eigenvalue weighted by molar-refractivity contribution is 0.329. The maximum atomic E-state index is 12.7. The normalized spacial score (nSPS) is 16.9. The second kappa shape index (κ2) is 7.21. The molecule has 1 saturated heterocycles. The Morgan fingerprint density at radius 2 is 1.79 bits per heavy atom. The molecule has 2 aromatic rings. The van der Waals surface area contributed by atoms with Crippen molar-refractivity contribution >= 4 is 31.8 Å². The fourth-order valence-electron chi connectivity index (χ4n) is 2.77. The summed E-state index contributed by atoms with van der Waals surface area (Å²) in [5, 5.41) is 3.37. The maximum absolute atomic E-state index is 12.7. The zero-order chi connectivity index (χ0) is 17.2. The van der Waals surface area contributed by atoms with Gasteiger partial charge in [0, 0.05) is 29.8 Å². The number of aromatic nitrogens is 1. The van der Waals surface area contributed by atoms with Crippen LogP contribution in [0.25, 0.3) is 0 Å². The van der Waals surface area contributed by atoms with Gasteiger partial charge in [0.25, 0.3) is 0 Å². The highest BCUT2D eigenvalue weighted by Gasteiger charge is 2.29. The summed E-state index contributed by atoms with van der Waals surface area (Å²) in [6.07, 6.45) is 3.28. The molecule has 128 valence electrons. The summed E-state index contributed by atoms with van der Waals surface area (Å²) in [7, 11) is -3.40. The molecule has 24 heavy (non-hydrogen) atoms. The molecule has 2 heterocycles. The maximum Gasteiger partial charge on any atom is 0.243 e. The first kappa shape index (κ1) is 17.4. The summed E-state index contributed by atoms with van der Waals surface area (Å²) in [6.45, 7) is 2.98. The van der Waals surface area contributed by atoms with Crippen molar-refractivity contribution in [1.29, 1.82) is 0 Å². The molecule has 0 unspecified atom stereocenters. The lowest BCUT2D eigenvalue weighted by Gasteiger charge is -2.31. The van der Waals surface area contributed by atoms with E-state index >= 15 is 0 Å². The third kappa shape index (κ3) is 3.96. The molecule has 5 nitrogen and oxygen atoms in total. The fraction of sp³-hybridized carbons (Fsp3) is 0.353. The van der Waals surface area contributed by atoms with Crippen LogP contribution in [0.15, 0.2) is 52.0 Å². The highest BCUT2D eigenvalue weighted by atomic mass is 79.9. The Morgan fingerprint density at radius 1 is 1.12 bits per heavy atom. The molecule has 1 aromatic heterocycles. The van der Waals surface area contributed by atoms with E-state index in [9.17, 15) is 8.42 Å². The second-order valence-electron chi connectivity index (χ2n) is 6.00. The lowest BCUT2D eigenvalue weighted by Crippen LogP contribution is -2.42. The van der Waals surface area contributed by atoms with Gasteiger partial charge in [-0.1, -0.05) is 17.7 Å². The van der Waals surface area contributed by atoms with Gasteiger partial charge in [-0.05, 0) is 60.0 Å². The summed E-state index contributed by atoms with van der Waals surface area (Å²) >= 11 is 3.36. The Morgan fingerprint density at radius 3 is 2.38 bits per heavy atom. The zero-order valence-corrected chi connectivity index (χ0v) is 15.8. The van der Waals surface area contributed by atoms with E-state index in [1.807, 2.05) is 31.2 Å². The van der Waals surface area contributed by atoms with Crippen LogP contribution in [0.3, 0.4) is 0 Å². The number of nitrogens with one attached hydrogen (secondary N) is 1. The summed E-state index contributed by atoms with van der Waals surface area (Å²) in [5.74, 6) is 0.818. The largest absolute Gasteiger partial charge is 0.367 e. The van der Waals surface area contributed by atoms with Gasteiger partial charge < -0.3 is 5.32 Å². The van der Waals surface area contributed by atoms with Crippen LogP contribution < -0.4 is 5.32 Å². The predicted octanol–water partition coefficient (Wildman–Crippen LogP) is 3.42. The van der Waals surface area contributed by atoms with Crippen LogP contribution in [0.1, 0.15) is 18.4 Å². The van der Waals surface area contributed by atoms with E-state index in [-0.39, 0.29) is 6.04 Å². The van der Waals surface area contributed by atoms with Gasteiger partial charge in [0.1, 0.15) is 5.82 Å². The number of piperidine rings is 1. The minimum absolute atomic E-state index is 0.239. The molecule has 1 fully saturated rings. The SMILES string of the molecule is Cc1ccc(S(=O)(=O)N2CCC(Nc3ccc(Br)cn3)CC2)cc1. The Balaban J connectivity index is 1.62. The van der Waals surface area contributed by atoms with E-state index in [1.165, 1.54) is 0 Å². The van der Waals surface area contributed by atoms with Gasteiger partial charge in [-0.2, -0.15) is 4.31 Å². The Kier molecular flexibility index (Phi) is 5.22. The summed E-state index contributed by atoms with van der Waals surface area (Å²) < 4.78 is 27.9. The van der Waals surface area contributed by atoms with Gasteiger partial charge >= 0.3 is 0 Å². The molecule has 0 bridgehead atoms. The summed E-state index contributed by atoms with van der Waals surface area (Å²) in [6, 6.07) is 11.1. The molecular formula is C17H20BrN3O2S. The lowest BCUT2D eigenvalue weighted by atomic mass is 10.1. The first-order valence-electron chi connectivity index (χ1n) is 7.90. The van der Waals surface area contributed by atoms with Gasteiger partial charge in [0.2, 0.25) is 10.0 Å². The van der Waals surface area contributed by atoms with Crippen LogP contribution in [0.4, 0.5) is 5.82 Å². The first-order valence-corrected chi connectivity index (χ1v) is 10.1. The minimum atomic E-state index is -3.40. The number of benzene rings is 1. The summed E-state index contributed by atoms with van der Waals surface area (Å²) in [4.78, 5) is 4.68. The third-order valence-corrected chi connectivity index (χ3v) is 6.57. The smallest absolute Gasteiger partial charge is 0.243 e. The van der Waals surface area contributed by atoms with Gasteiger partial charge in [-0.15, -0.1) is 0 Å². The molecule has 0 saturated carbocycles. The molecular weight excluding hydrogens is 390 g/mol. The van der Waals surface area contributed by atoms with E-state index in [4.69, 9.17) is 0 Å². The highest BCUT2D eigenvalue weighted by Crippen LogP contribution is 2.23. The molecule has 3 rings (SSSR count). The number of rotatable bonds is 4. The van der Waals surface area contributed by atoms with Crippen LogP contribution in [-0.4, -0.2) is 36.8 Å². The fourth-order valence-corrected chi connectivity index (χ4v) is 4.47. The molecule has 0 aliphatic carbocycles. The van der Waals surface area contributed by atoms with E-state index in [1.54, 1.807) is 22.6 Å². The minimum Gasteiger partial charge on any atom is -0.367 e. The van der Waals surface area contributed by atoms with E-state index in [0.29, 0.717) is 18.0 Å². The molecule has 0 atom stereocenters. The zero-order valence-electron chi connectivity index (χ0n) is 13.4. The molecule has 1 aliphatic heterocycles. The van der Waals surface area contributed by atoms with Crippen molar-refractivity contribution in [2.45, 2.75) is 30.7 Å². The molecule has 7 heteroatoms. The van der Waals surface area contributed by atoms with Crippen molar-refractivity contribution in [2.24, 2.45) is 0 Å². The van der Waals surface area contributed by atoms with Crippen LogP contribution in [0.2, 0.25) is 0 Å². The first-order chi connectivity index (χ1) is 11.4. The highest BCUT2D eigenvalue weighted by molar-refractivity contribution is 9.10. The number of pyridine rings is 1. The third-order valence-electron chi connectivity index (χ3n) is 4.19. The standard InChI is InChI=1S/C17H20BrN3O2S/c1-13-2-5-16(6-3-13)24(22,23)21-10-8-15(9-11-21)20-17-7-4-14(18)12-19-17/h2-7,12,15H,8-11H2,1H3,(H,19,20). The van der Waals surface area contributed by atoms with Crippen LogP contribution in [-0.2, 0) is 10.0 Å². The average Bonchev–Trinajstić information content (AvgIpc) is 2.58. The van der Waals surface area contributed by atoms with Crippen LogP contribution in [0, 0.1) is 6.92 Å². The number of hydrogen-bond donors (Lipinski definition) is 1. The van der Waals surface area contributed by atoms with Crippen molar-refractivity contribution in [3.8, 4) is 0 Å². The van der Waals surface area contributed by atoms with Gasteiger partial charge in [-0.3, -0.25) is 0 Å². The number of aryl methyl sites for hydroxylation is 1. The Hall–Kier alpha value is -1.44. The second-order valence-corrected chi connectivity index (χ2v) is 8.85. The van der Waals surface area contributed by atoms with E-state index in [2.05, 4.69) is 26.2 Å². The number of hydrogen-bond acceptors (Lipinski definition) is 4. The molecule has 0 amide bonds. The van der Waals surface area contributed by atoms with E-state index < -0.39 is 10.0 Å². The monoisotopic (exact) mass is 409 g/mol. The number of halogens is 1. The van der Waals surface area contributed by atoms with Gasteiger partial charge in [-0.25, -0.2) is 13.4 Å². The van der Waals surface area contributed by atoms with Crippen molar-refractivity contribution in [1.82, 2.24) is 9.29 Å². The number of anilines is 1. The molecule has 0 radical (unpaired) electrons. The van der Waals surface area contributed by atoms with Crippen molar-refractivity contribution < 1.29 is 8.42 Å². The average molecular weight is 410 g/mol. The molecule has 0 spiro atoms. The number of sulfonamides is 1. The Bertz CT molecular complexity index is 784. The van der Waals surface area contributed by atoms with Crippen molar-refractivity contribution in [3.05, 3.63) is 52.6 Å². The molecule has 1 aliphatic rings. The molecule has 1 aromatic carbocycles. The summed E-state index contributed by atoms with van der Waals surface area (Å²) in [5.41, 5.74) is 1.05. The predicted molar refractivity (Wildman–Crippen MR) is 98.5 cm³/mol. The van der Waals surface area contributed by atoms with Crippen molar-refractivity contribution in [3.63, 3.8) is 0 Å². The molecule has 1 N–H and O–H groups in total.